The Bertz CT molecular complexity index is 2210. The summed E-state index contributed by atoms with van der Waals surface area (Å²) in [5.41, 5.74) is 4.19. The van der Waals surface area contributed by atoms with E-state index < -0.39 is 6.36 Å². The first-order chi connectivity index (χ1) is 19.9. The fraction of sp³-hybridized carbons (Fsp3) is 0.0270. The smallest absolute Gasteiger partial charge is 0.406 e. The van der Waals surface area contributed by atoms with E-state index in [1.807, 2.05) is 6.07 Å². The lowest BCUT2D eigenvalue weighted by Gasteiger charge is -2.18. The van der Waals surface area contributed by atoms with Gasteiger partial charge in [0.05, 0.1) is 0 Å². The quantitative estimate of drug-likeness (QED) is 0.161. The first kappa shape index (κ1) is 23.8. The summed E-state index contributed by atoms with van der Waals surface area (Å²) in [6.07, 6.45) is -4.72. The van der Waals surface area contributed by atoms with Crippen molar-refractivity contribution >= 4 is 53.9 Å². The SMILES string of the molecule is FC(F)(F)Oc1ccc(-c2ccc3ccc4c(-c5c6ccccc6cc6ccccc56)ccc5ccc2c3c54)cc1. The fourth-order valence-corrected chi connectivity index (χ4v) is 6.41. The second kappa shape index (κ2) is 8.70. The van der Waals surface area contributed by atoms with Gasteiger partial charge in [-0.25, -0.2) is 0 Å². The average molecular weight is 539 g/mol. The number of ether oxygens (including phenoxy) is 1. The van der Waals surface area contributed by atoms with Gasteiger partial charge in [0, 0.05) is 0 Å². The van der Waals surface area contributed by atoms with Crippen LogP contribution in [-0.4, -0.2) is 6.36 Å². The lowest BCUT2D eigenvalue weighted by atomic mass is 9.85. The number of rotatable bonds is 3. The Labute approximate surface area is 233 Å². The zero-order chi connectivity index (χ0) is 27.7. The van der Waals surface area contributed by atoms with Crippen molar-refractivity contribution in [3.05, 3.63) is 127 Å². The largest absolute Gasteiger partial charge is 0.573 e. The zero-order valence-corrected chi connectivity index (χ0v) is 21.7. The maximum Gasteiger partial charge on any atom is 0.573 e. The topological polar surface area (TPSA) is 9.23 Å². The van der Waals surface area contributed by atoms with Crippen LogP contribution >= 0.6 is 0 Å². The van der Waals surface area contributed by atoms with Gasteiger partial charge in [-0.1, -0.05) is 109 Å². The molecule has 0 N–H and O–H groups in total. The molecular weight excluding hydrogens is 517 g/mol. The van der Waals surface area contributed by atoms with Crippen LogP contribution in [0.2, 0.25) is 0 Å². The highest BCUT2D eigenvalue weighted by Crippen LogP contribution is 2.45. The molecule has 0 heterocycles. The highest BCUT2D eigenvalue weighted by Gasteiger charge is 2.31. The van der Waals surface area contributed by atoms with Gasteiger partial charge in [0.25, 0.3) is 0 Å². The lowest BCUT2D eigenvalue weighted by molar-refractivity contribution is -0.274. The monoisotopic (exact) mass is 538 g/mol. The van der Waals surface area contributed by atoms with Crippen molar-refractivity contribution in [1.82, 2.24) is 0 Å². The average Bonchev–Trinajstić information content (AvgIpc) is 2.98. The molecule has 4 heteroatoms. The number of hydrogen-bond acceptors (Lipinski definition) is 1. The van der Waals surface area contributed by atoms with Gasteiger partial charge in [-0.05, 0) is 94.3 Å². The van der Waals surface area contributed by atoms with Gasteiger partial charge in [0.1, 0.15) is 5.75 Å². The Kier molecular flexibility index (Phi) is 5.05. The molecule has 1 nitrogen and oxygen atoms in total. The van der Waals surface area contributed by atoms with Crippen LogP contribution in [0.15, 0.2) is 127 Å². The minimum absolute atomic E-state index is 0.231. The van der Waals surface area contributed by atoms with E-state index in [4.69, 9.17) is 0 Å². The molecule has 0 aromatic heterocycles. The van der Waals surface area contributed by atoms with Crippen molar-refractivity contribution in [1.29, 1.82) is 0 Å². The Balaban J connectivity index is 1.40. The van der Waals surface area contributed by atoms with Gasteiger partial charge >= 0.3 is 6.36 Å². The van der Waals surface area contributed by atoms with E-state index in [1.54, 1.807) is 12.1 Å². The van der Waals surface area contributed by atoms with Crippen LogP contribution in [0.3, 0.4) is 0 Å². The molecule has 0 radical (unpaired) electrons. The second-order valence-corrected chi connectivity index (χ2v) is 10.4. The second-order valence-electron chi connectivity index (χ2n) is 10.4. The summed E-state index contributed by atoms with van der Waals surface area (Å²) in [5, 5.41) is 11.7. The minimum Gasteiger partial charge on any atom is -0.406 e. The number of alkyl halides is 3. The molecule has 0 bridgehead atoms. The molecule has 0 saturated heterocycles. The van der Waals surface area contributed by atoms with Crippen LogP contribution in [-0.2, 0) is 0 Å². The molecule has 0 aliphatic heterocycles. The van der Waals surface area contributed by atoms with Crippen LogP contribution in [0.5, 0.6) is 5.75 Å². The highest BCUT2D eigenvalue weighted by molar-refractivity contribution is 6.29. The third-order valence-corrected chi connectivity index (χ3v) is 8.10. The normalized spacial score (nSPS) is 12.3. The summed E-state index contributed by atoms with van der Waals surface area (Å²) >= 11 is 0. The van der Waals surface area contributed by atoms with Gasteiger partial charge in [-0.2, -0.15) is 0 Å². The molecule has 0 unspecified atom stereocenters. The number of benzene rings is 8. The molecule has 0 saturated carbocycles. The van der Waals surface area contributed by atoms with Crippen LogP contribution in [0.1, 0.15) is 0 Å². The van der Waals surface area contributed by atoms with Crippen LogP contribution < -0.4 is 4.74 Å². The maximum atomic E-state index is 12.7. The van der Waals surface area contributed by atoms with E-state index in [1.165, 1.54) is 55.6 Å². The number of halogens is 3. The van der Waals surface area contributed by atoms with Gasteiger partial charge in [0.2, 0.25) is 0 Å². The summed E-state index contributed by atoms with van der Waals surface area (Å²) in [6, 6.07) is 42.6. The van der Waals surface area contributed by atoms with Gasteiger partial charge < -0.3 is 4.74 Å². The predicted molar refractivity (Wildman–Crippen MR) is 163 cm³/mol. The summed E-state index contributed by atoms with van der Waals surface area (Å²) < 4.78 is 42.2. The molecule has 0 aliphatic carbocycles. The van der Waals surface area contributed by atoms with Crippen molar-refractivity contribution in [2.75, 3.05) is 0 Å². The summed E-state index contributed by atoms with van der Waals surface area (Å²) in [7, 11) is 0. The Hall–Kier alpha value is -5.09. The molecule has 0 spiro atoms. The first-order valence-corrected chi connectivity index (χ1v) is 13.4. The Morgan fingerprint density at radius 2 is 0.951 bits per heavy atom. The van der Waals surface area contributed by atoms with Gasteiger partial charge in [0.15, 0.2) is 0 Å². The Morgan fingerprint density at radius 1 is 0.439 bits per heavy atom. The summed E-state index contributed by atoms with van der Waals surface area (Å²) in [5.74, 6) is -0.231. The highest BCUT2D eigenvalue weighted by atomic mass is 19.4. The molecule has 8 aromatic rings. The molecule has 8 aromatic carbocycles. The Morgan fingerprint density at radius 3 is 1.54 bits per heavy atom. The van der Waals surface area contributed by atoms with E-state index in [0.29, 0.717) is 0 Å². The first-order valence-electron chi connectivity index (χ1n) is 13.4. The molecule has 196 valence electrons. The van der Waals surface area contributed by atoms with Crippen molar-refractivity contribution in [3.63, 3.8) is 0 Å². The van der Waals surface area contributed by atoms with Crippen LogP contribution in [0, 0.1) is 0 Å². The third-order valence-electron chi connectivity index (χ3n) is 8.10. The van der Waals surface area contributed by atoms with E-state index >= 15 is 0 Å². The van der Waals surface area contributed by atoms with Crippen molar-refractivity contribution in [3.8, 4) is 28.0 Å². The van der Waals surface area contributed by atoms with Gasteiger partial charge in [-0.15, -0.1) is 13.2 Å². The predicted octanol–water partition coefficient (Wildman–Crippen LogP) is 11.1. The standard InChI is InChI=1S/C37H21F3O/c38-37(39,40)41-27-15-9-22(10-16-27)28-17-11-23-13-19-32-33(20-14-24-12-18-31(28)34(23)35(24)32)36-29-7-3-1-5-25(29)21-26-6-2-4-8-30(26)36/h1-21H. The molecular formula is C37H21F3O. The van der Waals surface area contributed by atoms with E-state index in [-0.39, 0.29) is 5.75 Å². The molecule has 0 aliphatic rings. The van der Waals surface area contributed by atoms with Crippen LogP contribution in [0.4, 0.5) is 13.2 Å². The van der Waals surface area contributed by atoms with E-state index in [0.717, 1.165) is 32.7 Å². The molecule has 0 fully saturated rings. The summed E-state index contributed by atoms with van der Waals surface area (Å²) in [6.45, 7) is 0. The molecule has 8 rings (SSSR count). The van der Waals surface area contributed by atoms with E-state index in [9.17, 15) is 13.2 Å². The molecule has 41 heavy (non-hydrogen) atoms. The fourth-order valence-electron chi connectivity index (χ4n) is 6.41. The van der Waals surface area contributed by atoms with Crippen molar-refractivity contribution < 1.29 is 17.9 Å². The summed E-state index contributed by atoms with van der Waals surface area (Å²) in [4.78, 5) is 0. The minimum atomic E-state index is -4.72. The van der Waals surface area contributed by atoms with Crippen LogP contribution in [0.25, 0.3) is 76.1 Å². The third kappa shape index (κ3) is 3.79. The lowest BCUT2D eigenvalue weighted by Crippen LogP contribution is -2.16. The zero-order valence-electron chi connectivity index (χ0n) is 21.7. The molecule has 0 amide bonds. The molecule has 0 atom stereocenters. The number of fused-ring (bicyclic) bond motifs is 2. The maximum absolute atomic E-state index is 12.7. The number of hydrogen-bond donors (Lipinski definition) is 0. The van der Waals surface area contributed by atoms with Crippen molar-refractivity contribution in [2.24, 2.45) is 0 Å². The van der Waals surface area contributed by atoms with E-state index in [2.05, 4.69) is 102 Å². The van der Waals surface area contributed by atoms with Gasteiger partial charge in [-0.3, -0.25) is 0 Å². The van der Waals surface area contributed by atoms with Crippen molar-refractivity contribution in [2.45, 2.75) is 6.36 Å².